The van der Waals surface area contributed by atoms with E-state index in [2.05, 4.69) is 25.8 Å². The van der Waals surface area contributed by atoms with E-state index in [1.807, 2.05) is 30.5 Å². The van der Waals surface area contributed by atoms with Crippen LogP contribution in [0.2, 0.25) is 0 Å². The SMILES string of the molecule is O=CO.c1cnc2nc(Oc3ccc4c(CN5CCC(N6CCCCC6)CC5)coc4c3)sc2c1. The highest BCUT2D eigenvalue weighted by atomic mass is 32.1. The van der Waals surface area contributed by atoms with Gasteiger partial charge < -0.3 is 19.2 Å². The van der Waals surface area contributed by atoms with Crippen LogP contribution in [0.25, 0.3) is 21.3 Å². The van der Waals surface area contributed by atoms with Crippen molar-refractivity contribution in [1.82, 2.24) is 19.8 Å². The van der Waals surface area contributed by atoms with Gasteiger partial charge in [-0.15, -0.1) is 0 Å². The third-order valence-electron chi connectivity index (χ3n) is 6.84. The van der Waals surface area contributed by atoms with Crippen LogP contribution in [0.4, 0.5) is 0 Å². The Labute approximate surface area is 208 Å². The maximum absolute atomic E-state index is 8.36. The van der Waals surface area contributed by atoms with Gasteiger partial charge in [0.05, 0.1) is 11.0 Å². The molecule has 2 fully saturated rings. The first-order valence-corrected chi connectivity index (χ1v) is 13.0. The van der Waals surface area contributed by atoms with Crippen LogP contribution in [0.1, 0.15) is 37.7 Å². The van der Waals surface area contributed by atoms with E-state index in [9.17, 15) is 0 Å². The zero-order valence-corrected chi connectivity index (χ0v) is 20.5. The third-order valence-corrected chi connectivity index (χ3v) is 7.72. The average molecular weight is 495 g/mol. The molecule has 0 radical (unpaired) electrons. The molecule has 184 valence electrons. The molecule has 0 atom stereocenters. The van der Waals surface area contributed by atoms with E-state index < -0.39 is 0 Å². The molecule has 2 aliphatic rings. The Kier molecular flexibility index (Phi) is 7.56. The Bertz CT molecular complexity index is 1230. The highest BCUT2D eigenvalue weighted by Crippen LogP contribution is 2.33. The van der Waals surface area contributed by atoms with E-state index in [1.54, 1.807) is 6.20 Å². The smallest absolute Gasteiger partial charge is 0.290 e. The van der Waals surface area contributed by atoms with E-state index in [4.69, 9.17) is 19.1 Å². The monoisotopic (exact) mass is 494 g/mol. The normalized spacial score (nSPS) is 17.8. The number of likely N-dealkylation sites (tertiary alicyclic amines) is 2. The summed E-state index contributed by atoms with van der Waals surface area (Å²) >= 11 is 1.50. The first-order valence-electron chi connectivity index (χ1n) is 12.2. The molecule has 0 saturated carbocycles. The molecule has 0 spiro atoms. The number of carbonyl (C=O) groups is 1. The molecular formula is C26H30N4O4S. The number of pyridine rings is 1. The van der Waals surface area contributed by atoms with Crippen LogP contribution in [0.3, 0.4) is 0 Å². The third kappa shape index (κ3) is 5.63. The molecule has 9 heteroatoms. The lowest BCUT2D eigenvalue weighted by molar-refractivity contribution is -0.122. The molecule has 2 saturated heterocycles. The van der Waals surface area contributed by atoms with Crippen LogP contribution in [0.15, 0.2) is 47.2 Å². The van der Waals surface area contributed by atoms with Crippen LogP contribution in [-0.2, 0) is 11.3 Å². The number of hydrogen-bond acceptors (Lipinski definition) is 8. The molecule has 4 aromatic rings. The fraction of sp³-hybridized carbons (Fsp3) is 0.423. The molecule has 0 amide bonds. The van der Waals surface area contributed by atoms with Crippen molar-refractivity contribution >= 4 is 39.1 Å². The van der Waals surface area contributed by atoms with Gasteiger partial charge >= 0.3 is 0 Å². The average Bonchev–Trinajstić information content (AvgIpc) is 3.49. The maximum atomic E-state index is 8.36. The minimum atomic E-state index is -0.250. The van der Waals surface area contributed by atoms with Crippen LogP contribution >= 0.6 is 11.3 Å². The number of thiazole rings is 1. The molecule has 5 heterocycles. The Balaban J connectivity index is 0.000000806. The van der Waals surface area contributed by atoms with Gasteiger partial charge in [-0.05, 0) is 76.1 Å². The Morgan fingerprint density at radius 3 is 2.71 bits per heavy atom. The lowest BCUT2D eigenvalue weighted by Crippen LogP contribution is -2.46. The van der Waals surface area contributed by atoms with Gasteiger partial charge in [0, 0.05) is 35.8 Å². The summed E-state index contributed by atoms with van der Waals surface area (Å²) in [6.07, 6.45) is 10.4. The Morgan fingerprint density at radius 1 is 1.14 bits per heavy atom. The summed E-state index contributed by atoms with van der Waals surface area (Å²) in [6.45, 7) is 5.63. The molecule has 0 bridgehead atoms. The van der Waals surface area contributed by atoms with Crippen molar-refractivity contribution in [2.45, 2.75) is 44.7 Å². The van der Waals surface area contributed by atoms with Gasteiger partial charge in [-0.3, -0.25) is 9.69 Å². The number of nitrogens with zero attached hydrogens (tertiary/aromatic N) is 4. The number of ether oxygens (including phenoxy) is 1. The Morgan fingerprint density at radius 2 is 1.94 bits per heavy atom. The quantitative estimate of drug-likeness (QED) is 0.370. The van der Waals surface area contributed by atoms with Crippen molar-refractivity contribution < 1.29 is 19.1 Å². The van der Waals surface area contributed by atoms with E-state index in [0.29, 0.717) is 5.19 Å². The maximum Gasteiger partial charge on any atom is 0.290 e. The summed E-state index contributed by atoms with van der Waals surface area (Å²) in [5.41, 5.74) is 2.84. The Hall–Kier alpha value is -3.01. The number of carboxylic acid groups (broad SMARTS) is 1. The van der Waals surface area contributed by atoms with Crippen molar-refractivity contribution in [3.05, 3.63) is 48.4 Å². The van der Waals surface area contributed by atoms with Crippen molar-refractivity contribution in [3.63, 3.8) is 0 Å². The van der Waals surface area contributed by atoms with E-state index in [-0.39, 0.29) is 6.47 Å². The topological polar surface area (TPSA) is 91.9 Å². The van der Waals surface area contributed by atoms with Gasteiger partial charge in [-0.25, -0.2) is 4.98 Å². The largest absolute Gasteiger partial charge is 0.483 e. The first kappa shape index (κ1) is 23.7. The molecule has 0 aliphatic carbocycles. The lowest BCUT2D eigenvalue weighted by atomic mass is 9.99. The molecule has 0 unspecified atom stereocenters. The summed E-state index contributed by atoms with van der Waals surface area (Å²) in [6, 6.07) is 10.8. The van der Waals surface area contributed by atoms with E-state index >= 15 is 0 Å². The predicted octanol–water partition coefficient (Wildman–Crippen LogP) is 5.38. The lowest BCUT2D eigenvalue weighted by Gasteiger charge is -2.40. The summed E-state index contributed by atoms with van der Waals surface area (Å²) in [5, 5.41) is 8.66. The standard InChI is InChI=1S/C25H28N4O2S.CH2O2/c1-2-11-29(12-3-1)19-8-13-28(14-9-19)16-18-17-30-22-15-20(6-7-21(18)22)31-25-27-24-23(32-25)5-4-10-26-24;2-1-3/h4-7,10,15,17,19H,1-3,8-9,11-14,16H2;1H,(H,2,3). The zero-order valence-electron chi connectivity index (χ0n) is 19.6. The number of piperidine rings is 2. The first-order chi connectivity index (χ1) is 17.2. The van der Waals surface area contributed by atoms with Crippen molar-refractivity contribution in [2.24, 2.45) is 0 Å². The number of fused-ring (bicyclic) bond motifs is 2. The molecule has 1 aromatic carbocycles. The van der Waals surface area contributed by atoms with Gasteiger partial charge in [0.2, 0.25) is 0 Å². The molecular weight excluding hydrogens is 464 g/mol. The fourth-order valence-electron chi connectivity index (χ4n) is 5.11. The summed E-state index contributed by atoms with van der Waals surface area (Å²) < 4.78 is 12.9. The van der Waals surface area contributed by atoms with Gasteiger partial charge in [-0.1, -0.05) is 17.8 Å². The number of rotatable bonds is 5. The van der Waals surface area contributed by atoms with Crippen molar-refractivity contribution in [2.75, 3.05) is 26.2 Å². The molecule has 3 aromatic heterocycles. The molecule has 35 heavy (non-hydrogen) atoms. The summed E-state index contributed by atoms with van der Waals surface area (Å²) in [4.78, 5) is 22.4. The van der Waals surface area contributed by atoms with Crippen LogP contribution in [-0.4, -0.2) is 63.6 Å². The van der Waals surface area contributed by atoms with Gasteiger partial charge in [0.1, 0.15) is 11.3 Å². The van der Waals surface area contributed by atoms with Crippen molar-refractivity contribution in [3.8, 4) is 10.9 Å². The predicted molar refractivity (Wildman–Crippen MR) is 136 cm³/mol. The highest BCUT2D eigenvalue weighted by Gasteiger charge is 2.26. The van der Waals surface area contributed by atoms with Crippen LogP contribution in [0, 0.1) is 0 Å². The number of aromatic nitrogens is 2. The highest BCUT2D eigenvalue weighted by molar-refractivity contribution is 7.20. The van der Waals surface area contributed by atoms with E-state index in [0.717, 1.165) is 34.3 Å². The molecule has 6 rings (SSSR count). The second kappa shape index (κ2) is 11.2. The summed E-state index contributed by atoms with van der Waals surface area (Å²) in [5.74, 6) is 0.736. The number of furan rings is 1. The van der Waals surface area contributed by atoms with Gasteiger partial charge in [-0.2, -0.15) is 4.98 Å². The number of hydrogen-bond donors (Lipinski definition) is 1. The van der Waals surface area contributed by atoms with Gasteiger partial charge in [0.15, 0.2) is 5.65 Å². The number of benzene rings is 1. The fourth-order valence-corrected chi connectivity index (χ4v) is 5.90. The minimum Gasteiger partial charge on any atom is -0.483 e. The second-order valence-corrected chi connectivity index (χ2v) is 10.0. The van der Waals surface area contributed by atoms with Gasteiger partial charge in [0.25, 0.3) is 11.7 Å². The van der Waals surface area contributed by atoms with E-state index in [1.165, 1.54) is 80.6 Å². The molecule has 8 nitrogen and oxygen atoms in total. The molecule has 1 N–H and O–H groups in total. The van der Waals surface area contributed by atoms with Crippen LogP contribution in [0.5, 0.6) is 10.9 Å². The van der Waals surface area contributed by atoms with Crippen molar-refractivity contribution in [1.29, 1.82) is 0 Å². The molecule has 2 aliphatic heterocycles. The minimum absolute atomic E-state index is 0.250. The second-order valence-electron chi connectivity index (χ2n) is 9.04. The zero-order chi connectivity index (χ0) is 24.0. The summed E-state index contributed by atoms with van der Waals surface area (Å²) in [7, 11) is 0. The van der Waals surface area contributed by atoms with Crippen LogP contribution < -0.4 is 4.74 Å².